The van der Waals surface area contributed by atoms with Gasteiger partial charge in [0.2, 0.25) is 5.28 Å². The van der Waals surface area contributed by atoms with Gasteiger partial charge in [-0.25, -0.2) is 4.98 Å². The maximum atomic E-state index is 6.27. The van der Waals surface area contributed by atoms with Crippen molar-refractivity contribution in [2.45, 2.75) is 12.6 Å². The van der Waals surface area contributed by atoms with Crippen molar-refractivity contribution >= 4 is 39.0 Å². The first-order chi connectivity index (χ1) is 13.3. The van der Waals surface area contributed by atoms with Gasteiger partial charge >= 0.3 is 0 Å². The van der Waals surface area contributed by atoms with Crippen LogP contribution in [0.2, 0.25) is 5.28 Å². The summed E-state index contributed by atoms with van der Waals surface area (Å²) in [5.74, 6) is 0.953. The summed E-state index contributed by atoms with van der Waals surface area (Å²) >= 11 is 8.08. The summed E-state index contributed by atoms with van der Waals surface area (Å²) in [5.41, 5.74) is 0.954. The highest BCUT2D eigenvalue weighted by molar-refractivity contribution is 7.19. The zero-order valence-corrected chi connectivity index (χ0v) is 16.8. The number of anilines is 1. The third-order valence-corrected chi connectivity index (χ3v) is 6.87. The number of rotatable bonds is 4. The first-order valence-electron chi connectivity index (χ1n) is 9.65. The number of hydrogen-bond acceptors (Lipinski definition) is 8. The van der Waals surface area contributed by atoms with E-state index in [-0.39, 0.29) is 0 Å². The molecule has 0 spiro atoms. The molecule has 3 aliphatic heterocycles. The van der Waals surface area contributed by atoms with Gasteiger partial charge in [0.15, 0.2) is 5.82 Å². The SMILES string of the molecule is Clc1nc(N2CCOCC2)c2sc(C(N3CCC3)N3CCOCC3)cc2n1. The molecule has 7 nitrogen and oxygen atoms in total. The molecule has 2 aromatic rings. The van der Waals surface area contributed by atoms with Crippen molar-refractivity contribution in [1.82, 2.24) is 19.8 Å². The monoisotopic (exact) mass is 409 g/mol. The summed E-state index contributed by atoms with van der Waals surface area (Å²) in [5, 5.41) is 0.320. The minimum atomic E-state index is 0.304. The molecule has 3 saturated heterocycles. The number of morpholine rings is 2. The molecule has 3 fully saturated rings. The van der Waals surface area contributed by atoms with E-state index in [1.165, 1.54) is 11.3 Å². The van der Waals surface area contributed by atoms with Crippen LogP contribution in [0.4, 0.5) is 5.82 Å². The van der Waals surface area contributed by atoms with E-state index in [0.29, 0.717) is 11.4 Å². The molecule has 0 amide bonds. The number of fused-ring (bicyclic) bond motifs is 1. The molecule has 27 heavy (non-hydrogen) atoms. The fourth-order valence-electron chi connectivity index (χ4n) is 4.02. The van der Waals surface area contributed by atoms with Crippen LogP contribution < -0.4 is 4.90 Å². The highest BCUT2D eigenvalue weighted by Gasteiger charge is 2.33. The van der Waals surface area contributed by atoms with Crippen LogP contribution in [-0.2, 0) is 9.47 Å². The summed E-state index contributed by atoms with van der Waals surface area (Å²) in [4.78, 5) is 17.8. The van der Waals surface area contributed by atoms with Gasteiger partial charge in [0.1, 0.15) is 0 Å². The number of nitrogens with zero attached hydrogens (tertiary/aromatic N) is 5. The fourth-order valence-corrected chi connectivity index (χ4v) is 5.48. The maximum absolute atomic E-state index is 6.27. The quantitative estimate of drug-likeness (QED) is 0.717. The van der Waals surface area contributed by atoms with Gasteiger partial charge in [-0.05, 0) is 24.1 Å². The maximum Gasteiger partial charge on any atom is 0.224 e. The number of ether oxygens (including phenoxy) is 2. The molecule has 2 aromatic heterocycles. The molecular weight excluding hydrogens is 386 g/mol. The first-order valence-corrected chi connectivity index (χ1v) is 10.8. The molecule has 1 atom stereocenters. The second-order valence-corrected chi connectivity index (χ2v) is 8.61. The van der Waals surface area contributed by atoms with Gasteiger partial charge in [-0.1, -0.05) is 0 Å². The zero-order valence-electron chi connectivity index (χ0n) is 15.3. The van der Waals surface area contributed by atoms with E-state index in [0.717, 1.165) is 81.7 Å². The van der Waals surface area contributed by atoms with Crippen molar-refractivity contribution in [3.63, 3.8) is 0 Å². The Hall–Kier alpha value is -1.03. The van der Waals surface area contributed by atoms with Crippen LogP contribution >= 0.6 is 22.9 Å². The summed E-state index contributed by atoms with van der Waals surface area (Å²) in [6, 6.07) is 2.22. The average Bonchev–Trinajstić information content (AvgIpc) is 3.08. The highest BCUT2D eigenvalue weighted by Crippen LogP contribution is 2.40. The lowest BCUT2D eigenvalue weighted by molar-refractivity contribution is -0.0531. The molecule has 0 bridgehead atoms. The van der Waals surface area contributed by atoms with Crippen LogP contribution in [0.5, 0.6) is 0 Å². The Labute approximate surface area is 167 Å². The average molecular weight is 410 g/mol. The van der Waals surface area contributed by atoms with Crippen molar-refractivity contribution in [2.24, 2.45) is 0 Å². The summed E-state index contributed by atoms with van der Waals surface area (Å²) in [7, 11) is 0. The molecule has 0 aliphatic carbocycles. The lowest BCUT2D eigenvalue weighted by Crippen LogP contribution is -2.50. The second kappa shape index (κ2) is 7.77. The van der Waals surface area contributed by atoms with Crippen LogP contribution in [0.25, 0.3) is 10.2 Å². The van der Waals surface area contributed by atoms with Crippen LogP contribution in [0, 0.1) is 0 Å². The van der Waals surface area contributed by atoms with Crippen molar-refractivity contribution in [1.29, 1.82) is 0 Å². The van der Waals surface area contributed by atoms with Crippen molar-refractivity contribution in [2.75, 3.05) is 70.6 Å². The molecule has 146 valence electrons. The Kier molecular flexibility index (Phi) is 5.19. The smallest absolute Gasteiger partial charge is 0.224 e. The Balaban J connectivity index is 1.53. The van der Waals surface area contributed by atoms with Gasteiger partial charge in [0.05, 0.1) is 42.8 Å². The summed E-state index contributed by atoms with van der Waals surface area (Å²) < 4.78 is 12.2. The predicted octanol–water partition coefficient (Wildman–Crippen LogP) is 2.22. The van der Waals surface area contributed by atoms with Crippen LogP contribution in [0.1, 0.15) is 17.5 Å². The summed E-state index contributed by atoms with van der Waals surface area (Å²) in [6.45, 7) is 8.99. The van der Waals surface area contributed by atoms with E-state index >= 15 is 0 Å². The molecule has 0 radical (unpaired) electrons. The Morgan fingerprint density at radius 2 is 1.59 bits per heavy atom. The Bertz CT molecular complexity index is 802. The number of thiophene rings is 1. The molecular formula is C18H24ClN5O2S. The van der Waals surface area contributed by atoms with E-state index in [2.05, 4.69) is 30.7 Å². The predicted molar refractivity (Wildman–Crippen MR) is 107 cm³/mol. The Morgan fingerprint density at radius 1 is 0.926 bits per heavy atom. The minimum Gasteiger partial charge on any atom is -0.379 e. The molecule has 1 unspecified atom stereocenters. The number of likely N-dealkylation sites (tertiary alicyclic amines) is 1. The van der Waals surface area contributed by atoms with E-state index in [1.54, 1.807) is 0 Å². The molecule has 0 N–H and O–H groups in total. The molecule has 9 heteroatoms. The van der Waals surface area contributed by atoms with Crippen LogP contribution in [0.3, 0.4) is 0 Å². The number of halogens is 1. The van der Waals surface area contributed by atoms with Gasteiger partial charge in [0, 0.05) is 44.1 Å². The third-order valence-electron chi connectivity index (χ3n) is 5.54. The number of aromatic nitrogens is 2. The van der Waals surface area contributed by atoms with Crippen molar-refractivity contribution in [3.05, 3.63) is 16.2 Å². The van der Waals surface area contributed by atoms with Crippen LogP contribution in [-0.4, -0.2) is 85.5 Å². The fraction of sp³-hybridized carbons (Fsp3) is 0.667. The van der Waals surface area contributed by atoms with E-state index in [1.807, 2.05) is 11.3 Å². The summed E-state index contributed by atoms with van der Waals surface area (Å²) in [6.07, 6.45) is 1.58. The largest absolute Gasteiger partial charge is 0.379 e. The normalized spacial score (nSPS) is 23.5. The van der Waals surface area contributed by atoms with E-state index in [4.69, 9.17) is 21.1 Å². The van der Waals surface area contributed by atoms with E-state index in [9.17, 15) is 0 Å². The molecule has 3 aliphatic rings. The molecule has 5 heterocycles. The molecule has 0 aromatic carbocycles. The van der Waals surface area contributed by atoms with Gasteiger partial charge in [-0.3, -0.25) is 9.80 Å². The van der Waals surface area contributed by atoms with Gasteiger partial charge < -0.3 is 14.4 Å². The van der Waals surface area contributed by atoms with Crippen molar-refractivity contribution < 1.29 is 9.47 Å². The van der Waals surface area contributed by atoms with Crippen molar-refractivity contribution in [3.8, 4) is 0 Å². The van der Waals surface area contributed by atoms with Gasteiger partial charge in [0.25, 0.3) is 0 Å². The first kappa shape index (κ1) is 18.0. The topological polar surface area (TPSA) is 54.0 Å². The lowest BCUT2D eigenvalue weighted by atomic mass is 10.1. The van der Waals surface area contributed by atoms with Gasteiger partial charge in [-0.2, -0.15) is 4.98 Å². The minimum absolute atomic E-state index is 0.304. The van der Waals surface area contributed by atoms with Crippen LogP contribution in [0.15, 0.2) is 6.07 Å². The second-order valence-electron chi connectivity index (χ2n) is 7.19. The number of hydrogen-bond donors (Lipinski definition) is 0. The zero-order chi connectivity index (χ0) is 18.2. The van der Waals surface area contributed by atoms with E-state index < -0.39 is 0 Å². The van der Waals surface area contributed by atoms with Gasteiger partial charge in [-0.15, -0.1) is 11.3 Å². The standard InChI is InChI=1S/C18H24ClN5O2S/c19-18-20-13-12-14(17(23-2-1-3-23)24-6-10-26-11-7-24)27-15(13)16(21-18)22-4-8-25-9-5-22/h12,17H,1-11H2. The molecule has 5 rings (SSSR count). The Morgan fingerprint density at radius 3 is 2.26 bits per heavy atom. The lowest BCUT2D eigenvalue weighted by Gasteiger charge is -2.45. The highest BCUT2D eigenvalue weighted by atomic mass is 35.5. The molecule has 0 saturated carbocycles. The third kappa shape index (κ3) is 3.54.